The van der Waals surface area contributed by atoms with E-state index in [4.69, 9.17) is 0 Å². The first kappa shape index (κ1) is 14.3. The van der Waals surface area contributed by atoms with Crippen molar-refractivity contribution in [2.75, 3.05) is 6.54 Å². The Morgan fingerprint density at radius 1 is 1.18 bits per heavy atom. The molecule has 0 spiro atoms. The lowest BCUT2D eigenvalue weighted by Crippen LogP contribution is -2.33. The lowest BCUT2D eigenvalue weighted by molar-refractivity contribution is -0.127. The predicted molar refractivity (Wildman–Crippen MR) is 81.1 cm³/mol. The van der Waals surface area contributed by atoms with Crippen molar-refractivity contribution < 1.29 is 9.59 Å². The molecule has 0 aliphatic carbocycles. The van der Waals surface area contributed by atoms with Gasteiger partial charge in [-0.1, -0.05) is 30.3 Å². The Morgan fingerprint density at radius 2 is 1.95 bits per heavy atom. The first-order valence-electron chi connectivity index (χ1n) is 7.27. The van der Waals surface area contributed by atoms with Gasteiger partial charge in [0.1, 0.15) is 6.04 Å². The first-order chi connectivity index (χ1) is 10.6. The summed E-state index contributed by atoms with van der Waals surface area (Å²) in [6, 6.07) is 8.92. The fourth-order valence-electron chi connectivity index (χ4n) is 2.62. The van der Waals surface area contributed by atoms with Crippen LogP contribution in [0.4, 0.5) is 4.79 Å². The summed E-state index contributed by atoms with van der Waals surface area (Å²) in [5, 5.41) is 6.84. The third kappa shape index (κ3) is 3.00. The Hall–Kier alpha value is -2.63. The molecule has 0 radical (unpaired) electrons. The summed E-state index contributed by atoms with van der Waals surface area (Å²) < 4.78 is 1.71. The zero-order valence-corrected chi connectivity index (χ0v) is 12.4. The van der Waals surface area contributed by atoms with Gasteiger partial charge < -0.3 is 5.32 Å². The molecule has 6 heteroatoms. The van der Waals surface area contributed by atoms with E-state index in [1.54, 1.807) is 10.9 Å². The number of amides is 3. The zero-order chi connectivity index (χ0) is 15.5. The molecule has 1 aliphatic rings. The number of nitrogens with one attached hydrogen (secondary N) is 1. The molecular formula is C16H18N4O2. The molecule has 0 bridgehead atoms. The van der Waals surface area contributed by atoms with Crippen molar-refractivity contribution in [1.29, 1.82) is 0 Å². The quantitative estimate of drug-likeness (QED) is 0.841. The molecule has 1 aromatic carbocycles. The van der Waals surface area contributed by atoms with Crippen LogP contribution in [0.15, 0.2) is 42.7 Å². The third-order valence-corrected chi connectivity index (χ3v) is 3.77. The van der Waals surface area contributed by atoms with Gasteiger partial charge >= 0.3 is 6.03 Å². The number of hydrogen-bond acceptors (Lipinski definition) is 3. The molecule has 1 unspecified atom stereocenters. The lowest BCUT2D eigenvalue weighted by atomic mass is 10.1. The van der Waals surface area contributed by atoms with Crippen LogP contribution in [0.1, 0.15) is 11.1 Å². The largest absolute Gasteiger partial charge is 0.325 e. The molecule has 3 rings (SSSR count). The minimum absolute atomic E-state index is 0.155. The molecule has 22 heavy (non-hydrogen) atoms. The number of nitrogens with zero attached hydrogens (tertiary/aromatic N) is 3. The number of hydrogen-bond donors (Lipinski definition) is 1. The number of carbonyl (C=O) groups is 2. The average Bonchev–Trinajstić information content (AvgIpc) is 3.03. The number of carbonyl (C=O) groups excluding carboxylic acids is 2. The summed E-state index contributed by atoms with van der Waals surface area (Å²) in [4.78, 5) is 25.6. The Bertz CT molecular complexity index is 680. The summed E-state index contributed by atoms with van der Waals surface area (Å²) in [6.45, 7) is 0.377. The number of aryl methyl sites for hydroxylation is 1. The van der Waals surface area contributed by atoms with Gasteiger partial charge in [0.25, 0.3) is 5.91 Å². The molecule has 6 nitrogen and oxygen atoms in total. The SMILES string of the molecule is Cn1cc(CCN2C(=O)NC(Cc3ccccc3)C2=O)cn1. The van der Waals surface area contributed by atoms with Crippen molar-refractivity contribution in [3.63, 3.8) is 0 Å². The Kier molecular flexibility index (Phi) is 3.91. The first-order valence-corrected chi connectivity index (χ1v) is 7.27. The summed E-state index contributed by atoms with van der Waals surface area (Å²) in [7, 11) is 1.84. The van der Waals surface area contributed by atoms with Gasteiger partial charge in [-0.25, -0.2) is 4.79 Å². The van der Waals surface area contributed by atoms with Crippen LogP contribution >= 0.6 is 0 Å². The highest BCUT2D eigenvalue weighted by molar-refractivity contribution is 6.04. The van der Waals surface area contributed by atoms with Crippen LogP contribution in [-0.2, 0) is 24.7 Å². The van der Waals surface area contributed by atoms with Crippen molar-refractivity contribution in [3.05, 3.63) is 53.9 Å². The van der Waals surface area contributed by atoms with E-state index >= 15 is 0 Å². The van der Waals surface area contributed by atoms with Crippen molar-refractivity contribution in [1.82, 2.24) is 20.0 Å². The number of rotatable bonds is 5. The number of aromatic nitrogens is 2. The second kappa shape index (κ2) is 6.01. The number of benzene rings is 1. The highest BCUT2D eigenvalue weighted by Crippen LogP contribution is 2.13. The summed E-state index contributed by atoms with van der Waals surface area (Å²) >= 11 is 0. The summed E-state index contributed by atoms with van der Waals surface area (Å²) in [6.07, 6.45) is 4.78. The molecule has 1 aliphatic heterocycles. The van der Waals surface area contributed by atoms with E-state index in [0.29, 0.717) is 19.4 Å². The van der Waals surface area contributed by atoms with Crippen molar-refractivity contribution >= 4 is 11.9 Å². The van der Waals surface area contributed by atoms with Crippen LogP contribution in [0.2, 0.25) is 0 Å². The van der Waals surface area contributed by atoms with Gasteiger partial charge in [-0.05, 0) is 17.5 Å². The maximum Gasteiger partial charge on any atom is 0.324 e. The van der Waals surface area contributed by atoms with Crippen LogP contribution < -0.4 is 5.32 Å². The highest BCUT2D eigenvalue weighted by atomic mass is 16.2. The Balaban J connectivity index is 1.61. The highest BCUT2D eigenvalue weighted by Gasteiger charge is 2.37. The van der Waals surface area contributed by atoms with Crippen molar-refractivity contribution in [2.45, 2.75) is 18.9 Å². The van der Waals surface area contributed by atoms with Crippen molar-refractivity contribution in [3.8, 4) is 0 Å². The molecule has 1 aromatic heterocycles. The molecule has 114 valence electrons. The topological polar surface area (TPSA) is 67.2 Å². The molecule has 2 heterocycles. The van der Waals surface area contributed by atoms with Gasteiger partial charge in [0.2, 0.25) is 0 Å². The van der Waals surface area contributed by atoms with Crippen LogP contribution in [0.25, 0.3) is 0 Å². The fraction of sp³-hybridized carbons (Fsp3) is 0.312. The van der Waals surface area contributed by atoms with Gasteiger partial charge in [-0.15, -0.1) is 0 Å². The predicted octanol–water partition coefficient (Wildman–Crippen LogP) is 1.13. The van der Waals surface area contributed by atoms with E-state index in [1.807, 2.05) is 43.6 Å². The van der Waals surface area contributed by atoms with Gasteiger partial charge in [0, 0.05) is 26.2 Å². The summed E-state index contributed by atoms with van der Waals surface area (Å²) in [5.41, 5.74) is 2.05. The van der Waals surface area contributed by atoms with E-state index in [2.05, 4.69) is 10.4 Å². The van der Waals surface area contributed by atoms with E-state index in [0.717, 1.165) is 11.1 Å². The maximum atomic E-state index is 12.4. The van der Waals surface area contributed by atoms with Gasteiger partial charge in [-0.3, -0.25) is 14.4 Å². The zero-order valence-electron chi connectivity index (χ0n) is 12.4. The van der Waals surface area contributed by atoms with Crippen LogP contribution in [0, 0.1) is 0 Å². The molecular weight excluding hydrogens is 280 g/mol. The molecule has 2 aromatic rings. The standard InChI is InChI=1S/C16H18N4O2/c1-19-11-13(10-17-19)7-8-20-15(21)14(18-16(20)22)9-12-5-3-2-4-6-12/h2-6,10-11,14H,7-9H2,1H3,(H,18,22). The van der Waals surface area contributed by atoms with Gasteiger partial charge in [0.05, 0.1) is 6.20 Å². The van der Waals surface area contributed by atoms with Crippen molar-refractivity contribution in [2.24, 2.45) is 7.05 Å². The van der Waals surface area contributed by atoms with Gasteiger partial charge in [0.15, 0.2) is 0 Å². The molecule has 1 fully saturated rings. The van der Waals surface area contributed by atoms with E-state index in [1.165, 1.54) is 4.90 Å². The molecule has 1 N–H and O–H groups in total. The second-order valence-corrected chi connectivity index (χ2v) is 5.45. The molecule has 1 atom stereocenters. The minimum Gasteiger partial charge on any atom is -0.325 e. The number of imide groups is 1. The maximum absolute atomic E-state index is 12.4. The second-order valence-electron chi connectivity index (χ2n) is 5.45. The minimum atomic E-state index is -0.469. The molecule has 0 saturated carbocycles. The molecule has 3 amide bonds. The number of urea groups is 1. The van der Waals surface area contributed by atoms with E-state index in [9.17, 15) is 9.59 Å². The molecule has 1 saturated heterocycles. The normalized spacial score (nSPS) is 17.9. The third-order valence-electron chi connectivity index (χ3n) is 3.77. The Labute approximate surface area is 128 Å². The average molecular weight is 298 g/mol. The monoisotopic (exact) mass is 298 g/mol. The van der Waals surface area contributed by atoms with Crippen LogP contribution in [-0.4, -0.2) is 39.2 Å². The van der Waals surface area contributed by atoms with Crippen LogP contribution in [0.5, 0.6) is 0 Å². The summed E-state index contributed by atoms with van der Waals surface area (Å²) in [5.74, 6) is -0.155. The Morgan fingerprint density at radius 3 is 2.64 bits per heavy atom. The van der Waals surface area contributed by atoms with E-state index in [-0.39, 0.29) is 11.9 Å². The smallest absolute Gasteiger partial charge is 0.324 e. The van der Waals surface area contributed by atoms with Gasteiger partial charge in [-0.2, -0.15) is 5.10 Å². The van der Waals surface area contributed by atoms with Crippen LogP contribution in [0.3, 0.4) is 0 Å². The van der Waals surface area contributed by atoms with E-state index < -0.39 is 6.04 Å². The lowest BCUT2D eigenvalue weighted by Gasteiger charge is -2.12. The fourth-order valence-corrected chi connectivity index (χ4v) is 2.62.